The van der Waals surface area contributed by atoms with E-state index in [1.807, 2.05) is 19.2 Å². The van der Waals surface area contributed by atoms with Crippen LogP contribution in [0.4, 0.5) is 0 Å². The molecule has 0 atom stereocenters. The van der Waals surface area contributed by atoms with E-state index in [0.29, 0.717) is 6.61 Å². The second-order valence-corrected chi connectivity index (χ2v) is 5.35. The van der Waals surface area contributed by atoms with E-state index >= 15 is 0 Å². The molecular formula is C15H23NO. The average Bonchev–Trinajstić information content (AvgIpc) is 2.26. The number of nitrogens with one attached hydrogen (secondary N) is 1. The molecule has 1 rings (SSSR count). The molecule has 0 saturated carbocycles. The summed E-state index contributed by atoms with van der Waals surface area (Å²) in [7, 11) is 1.91. The minimum absolute atomic E-state index is 0.154. The average molecular weight is 233 g/mol. The van der Waals surface area contributed by atoms with Crippen molar-refractivity contribution in [2.24, 2.45) is 0 Å². The summed E-state index contributed by atoms with van der Waals surface area (Å²) in [6.45, 7) is 11.9. The van der Waals surface area contributed by atoms with Crippen molar-refractivity contribution in [3.63, 3.8) is 0 Å². The molecule has 0 saturated heterocycles. The SMILES string of the molecule is C=C(CNC)COc1cccc(C(C)(C)C)c1. The minimum Gasteiger partial charge on any atom is -0.489 e. The molecule has 0 spiro atoms. The first-order valence-electron chi connectivity index (χ1n) is 5.98. The first-order valence-corrected chi connectivity index (χ1v) is 5.98. The van der Waals surface area contributed by atoms with E-state index in [2.05, 4.69) is 44.8 Å². The molecule has 0 radical (unpaired) electrons. The van der Waals surface area contributed by atoms with Crippen molar-refractivity contribution in [3.8, 4) is 5.75 Å². The van der Waals surface area contributed by atoms with Crippen LogP contribution in [0.1, 0.15) is 26.3 Å². The predicted molar refractivity (Wildman–Crippen MR) is 73.7 cm³/mol. The number of hydrogen-bond donors (Lipinski definition) is 1. The normalized spacial score (nSPS) is 11.3. The lowest BCUT2D eigenvalue weighted by Crippen LogP contribution is -2.15. The van der Waals surface area contributed by atoms with Gasteiger partial charge in [0, 0.05) is 6.54 Å². The van der Waals surface area contributed by atoms with Gasteiger partial charge in [0.25, 0.3) is 0 Å². The number of hydrogen-bond acceptors (Lipinski definition) is 2. The van der Waals surface area contributed by atoms with Crippen molar-refractivity contribution < 1.29 is 4.74 Å². The molecule has 1 N–H and O–H groups in total. The summed E-state index contributed by atoms with van der Waals surface area (Å²) in [6.07, 6.45) is 0. The molecule has 0 unspecified atom stereocenters. The summed E-state index contributed by atoms with van der Waals surface area (Å²) >= 11 is 0. The van der Waals surface area contributed by atoms with Gasteiger partial charge in [0.15, 0.2) is 0 Å². The second kappa shape index (κ2) is 5.87. The topological polar surface area (TPSA) is 21.3 Å². The predicted octanol–water partition coefficient (Wildman–Crippen LogP) is 3.14. The van der Waals surface area contributed by atoms with E-state index in [-0.39, 0.29) is 5.41 Å². The van der Waals surface area contributed by atoms with Crippen LogP contribution in [-0.4, -0.2) is 20.2 Å². The molecule has 0 amide bonds. The maximum absolute atomic E-state index is 5.72. The van der Waals surface area contributed by atoms with Crippen LogP contribution in [0.5, 0.6) is 5.75 Å². The first kappa shape index (κ1) is 13.8. The Balaban J connectivity index is 2.64. The lowest BCUT2D eigenvalue weighted by atomic mass is 9.87. The molecule has 1 aromatic rings. The van der Waals surface area contributed by atoms with Gasteiger partial charge in [-0.1, -0.05) is 39.5 Å². The standard InChI is InChI=1S/C15H23NO/c1-12(10-16-5)11-17-14-8-6-7-13(9-14)15(2,3)4/h6-9,16H,1,10-11H2,2-5H3. The van der Waals surface area contributed by atoms with E-state index in [1.54, 1.807) is 0 Å². The number of ether oxygens (including phenoxy) is 1. The Labute approximate surface area is 105 Å². The van der Waals surface area contributed by atoms with Crippen LogP contribution >= 0.6 is 0 Å². The third-order valence-electron chi connectivity index (χ3n) is 2.57. The van der Waals surface area contributed by atoms with Crippen molar-refractivity contribution in [3.05, 3.63) is 42.0 Å². The number of benzene rings is 1. The lowest BCUT2D eigenvalue weighted by Gasteiger charge is -2.20. The van der Waals surface area contributed by atoms with Crippen LogP contribution < -0.4 is 10.1 Å². The molecule has 2 nitrogen and oxygen atoms in total. The second-order valence-electron chi connectivity index (χ2n) is 5.35. The van der Waals surface area contributed by atoms with Gasteiger partial charge in [0.05, 0.1) is 0 Å². The van der Waals surface area contributed by atoms with Crippen molar-refractivity contribution in [2.75, 3.05) is 20.2 Å². The molecule has 0 fully saturated rings. The van der Waals surface area contributed by atoms with Crippen molar-refractivity contribution in [1.29, 1.82) is 0 Å². The Morgan fingerprint density at radius 2 is 2.06 bits per heavy atom. The Hall–Kier alpha value is -1.28. The highest BCUT2D eigenvalue weighted by Crippen LogP contribution is 2.25. The van der Waals surface area contributed by atoms with E-state index in [9.17, 15) is 0 Å². The molecule has 0 aliphatic heterocycles. The molecule has 94 valence electrons. The lowest BCUT2D eigenvalue weighted by molar-refractivity contribution is 0.348. The highest BCUT2D eigenvalue weighted by atomic mass is 16.5. The highest BCUT2D eigenvalue weighted by Gasteiger charge is 2.13. The number of rotatable bonds is 5. The van der Waals surface area contributed by atoms with Gasteiger partial charge in [0.2, 0.25) is 0 Å². The summed E-state index contributed by atoms with van der Waals surface area (Å²) in [5.41, 5.74) is 2.49. The smallest absolute Gasteiger partial charge is 0.120 e. The van der Waals surface area contributed by atoms with Crippen molar-refractivity contribution in [1.82, 2.24) is 5.32 Å². The minimum atomic E-state index is 0.154. The maximum Gasteiger partial charge on any atom is 0.120 e. The molecular weight excluding hydrogens is 210 g/mol. The third kappa shape index (κ3) is 4.61. The van der Waals surface area contributed by atoms with Crippen LogP contribution in [0.2, 0.25) is 0 Å². The van der Waals surface area contributed by atoms with Gasteiger partial charge in [-0.2, -0.15) is 0 Å². The molecule has 0 bridgehead atoms. The fourth-order valence-electron chi connectivity index (χ4n) is 1.54. The zero-order valence-electron chi connectivity index (χ0n) is 11.3. The van der Waals surface area contributed by atoms with Gasteiger partial charge in [0.1, 0.15) is 12.4 Å². The van der Waals surface area contributed by atoms with E-state index < -0.39 is 0 Å². The fraction of sp³-hybridized carbons (Fsp3) is 0.467. The maximum atomic E-state index is 5.72. The summed E-state index contributed by atoms with van der Waals surface area (Å²) in [5.74, 6) is 0.912. The molecule has 0 aromatic heterocycles. The van der Waals surface area contributed by atoms with Crippen LogP contribution in [0.15, 0.2) is 36.4 Å². The van der Waals surface area contributed by atoms with E-state index in [1.165, 1.54) is 5.56 Å². The van der Waals surface area contributed by atoms with Crippen molar-refractivity contribution >= 4 is 0 Å². The summed E-state index contributed by atoms with van der Waals surface area (Å²) in [5, 5.41) is 3.06. The Bertz CT molecular complexity index is 377. The summed E-state index contributed by atoms with van der Waals surface area (Å²) in [4.78, 5) is 0. The zero-order chi connectivity index (χ0) is 12.9. The van der Waals surface area contributed by atoms with Crippen LogP contribution in [-0.2, 0) is 5.41 Å². The largest absolute Gasteiger partial charge is 0.489 e. The van der Waals surface area contributed by atoms with E-state index in [4.69, 9.17) is 4.74 Å². The number of likely N-dealkylation sites (N-methyl/N-ethyl adjacent to an activating group) is 1. The molecule has 1 aromatic carbocycles. The van der Waals surface area contributed by atoms with Crippen LogP contribution in [0.3, 0.4) is 0 Å². The third-order valence-corrected chi connectivity index (χ3v) is 2.57. The quantitative estimate of drug-likeness (QED) is 0.789. The molecule has 0 heterocycles. The van der Waals surface area contributed by atoms with Gasteiger partial charge in [-0.05, 0) is 35.7 Å². The Morgan fingerprint density at radius 3 is 2.65 bits per heavy atom. The first-order chi connectivity index (χ1) is 7.93. The van der Waals surface area contributed by atoms with Gasteiger partial charge < -0.3 is 10.1 Å². The summed E-state index contributed by atoms with van der Waals surface area (Å²) < 4.78 is 5.72. The zero-order valence-corrected chi connectivity index (χ0v) is 11.3. The summed E-state index contributed by atoms with van der Waals surface area (Å²) in [6, 6.07) is 8.26. The van der Waals surface area contributed by atoms with Crippen molar-refractivity contribution in [2.45, 2.75) is 26.2 Å². The van der Waals surface area contributed by atoms with Gasteiger partial charge in [-0.3, -0.25) is 0 Å². The highest BCUT2D eigenvalue weighted by molar-refractivity contribution is 5.32. The van der Waals surface area contributed by atoms with Crippen LogP contribution in [0.25, 0.3) is 0 Å². The monoisotopic (exact) mass is 233 g/mol. The van der Waals surface area contributed by atoms with Crippen LogP contribution in [0, 0.1) is 0 Å². The Morgan fingerprint density at radius 1 is 1.35 bits per heavy atom. The van der Waals surface area contributed by atoms with Gasteiger partial charge >= 0.3 is 0 Å². The molecule has 0 aliphatic rings. The fourth-order valence-corrected chi connectivity index (χ4v) is 1.54. The van der Waals surface area contributed by atoms with Gasteiger partial charge in [-0.15, -0.1) is 0 Å². The molecule has 2 heteroatoms. The van der Waals surface area contributed by atoms with Gasteiger partial charge in [-0.25, -0.2) is 0 Å². The molecule has 17 heavy (non-hydrogen) atoms. The Kier molecular flexibility index (Phi) is 4.76. The molecule has 0 aliphatic carbocycles. The van der Waals surface area contributed by atoms with E-state index in [0.717, 1.165) is 17.9 Å².